The number of hydrogen-bond acceptors (Lipinski definition) is 2. The third kappa shape index (κ3) is 26.2. The van der Waals surface area contributed by atoms with Crippen LogP contribution < -0.4 is 0 Å². The molecule has 0 N–H and O–H groups in total. The van der Waals surface area contributed by atoms with Crippen molar-refractivity contribution in [2.45, 2.75) is 187 Å². The van der Waals surface area contributed by atoms with Gasteiger partial charge in [-0.2, -0.15) is 0 Å². The zero-order chi connectivity index (χ0) is 26.4. The van der Waals surface area contributed by atoms with E-state index >= 15 is 0 Å². The molecule has 0 aromatic carbocycles. The van der Waals surface area contributed by atoms with E-state index in [-0.39, 0.29) is 5.78 Å². The average molecular weight is 504 g/mol. The molecule has 1 atom stereocenters. The summed E-state index contributed by atoms with van der Waals surface area (Å²) in [6.45, 7) is 4.54. The maximum Gasteiger partial charge on any atom is 0.209 e. The molecule has 0 spiro atoms. The quantitative estimate of drug-likeness (QED) is 0.0554. The lowest BCUT2D eigenvalue weighted by atomic mass is 9.94. The molecule has 1 unspecified atom stereocenters. The van der Waals surface area contributed by atoms with Crippen LogP contribution in [0.15, 0.2) is 12.2 Å². The lowest BCUT2D eigenvalue weighted by molar-refractivity contribution is -0.121. The Labute approximate surface area is 226 Å². The van der Waals surface area contributed by atoms with E-state index in [0.29, 0.717) is 12.8 Å². The van der Waals surface area contributed by atoms with Gasteiger partial charge >= 0.3 is 0 Å². The predicted molar refractivity (Wildman–Crippen MR) is 159 cm³/mol. The van der Waals surface area contributed by atoms with Crippen LogP contribution in [0.1, 0.15) is 187 Å². The molecule has 0 aliphatic carbocycles. The number of rotatable bonds is 30. The van der Waals surface area contributed by atoms with Gasteiger partial charge in [-0.15, -0.1) is 0 Å². The van der Waals surface area contributed by atoms with Crippen molar-refractivity contribution in [3.05, 3.63) is 12.2 Å². The molecular weight excluding hydrogens is 440 g/mol. The van der Waals surface area contributed by atoms with Gasteiger partial charge in [0.2, 0.25) is 6.29 Å². The molecule has 0 saturated carbocycles. The molecular formula is C34H63O2. The molecule has 0 heterocycles. The summed E-state index contributed by atoms with van der Waals surface area (Å²) in [5.74, 6) is -0.342. The fraction of sp³-hybridized carbons (Fsp3) is 0.882. The minimum atomic E-state index is -0.473. The van der Waals surface area contributed by atoms with Gasteiger partial charge in [0.15, 0.2) is 0 Å². The number of ketones is 1. The third-order valence-corrected chi connectivity index (χ3v) is 7.56. The highest BCUT2D eigenvalue weighted by molar-refractivity contribution is 5.93. The van der Waals surface area contributed by atoms with Crippen molar-refractivity contribution in [3.8, 4) is 0 Å². The smallest absolute Gasteiger partial charge is 0.209 e. The Kier molecular flexibility index (Phi) is 29.5. The summed E-state index contributed by atoms with van der Waals surface area (Å²) < 4.78 is 0. The Balaban J connectivity index is 3.48. The highest BCUT2D eigenvalue weighted by atomic mass is 16.1. The van der Waals surface area contributed by atoms with Gasteiger partial charge in [-0.05, 0) is 38.5 Å². The predicted octanol–water partition coefficient (Wildman–Crippen LogP) is 11.4. The first-order valence-corrected chi connectivity index (χ1v) is 16.3. The van der Waals surface area contributed by atoms with Gasteiger partial charge in [0.1, 0.15) is 5.78 Å². The van der Waals surface area contributed by atoms with Crippen molar-refractivity contribution >= 4 is 12.1 Å². The van der Waals surface area contributed by atoms with Crippen LogP contribution in [0.3, 0.4) is 0 Å². The molecule has 2 heteroatoms. The molecule has 36 heavy (non-hydrogen) atoms. The molecule has 0 aliphatic rings. The zero-order valence-electron chi connectivity index (χ0n) is 24.6. The van der Waals surface area contributed by atoms with Crippen molar-refractivity contribution in [2.24, 2.45) is 5.92 Å². The van der Waals surface area contributed by atoms with E-state index in [1.165, 1.54) is 128 Å². The number of hydrogen-bond donors (Lipinski definition) is 0. The minimum absolute atomic E-state index is 0.130. The van der Waals surface area contributed by atoms with Crippen LogP contribution >= 0.6 is 0 Å². The van der Waals surface area contributed by atoms with Gasteiger partial charge in [0, 0.05) is 6.42 Å². The zero-order valence-corrected chi connectivity index (χ0v) is 24.6. The van der Waals surface area contributed by atoms with Crippen LogP contribution in [0.4, 0.5) is 0 Å². The van der Waals surface area contributed by atoms with Crippen LogP contribution in [0, 0.1) is 5.92 Å². The van der Waals surface area contributed by atoms with E-state index in [1.54, 1.807) is 0 Å². The third-order valence-electron chi connectivity index (χ3n) is 7.56. The highest BCUT2D eigenvalue weighted by Crippen LogP contribution is 2.16. The molecule has 211 valence electrons. The van der Waals surface area contributed by atoms with E-state index in [4.69, 9.17) is 0 Å². The van der Waals surface area contributed by atoms with E-state index in [0.717, 1.165) is 32.1 Å². The second kappa shape index (κ2) is 30.3. The first-order chi connectivity index (χ1) is 17.8. The van der Waals surface area contributed by atoms with Gasteiger partial charge in [-0.1, -0.05) is 154 Å². The molecule has 0 fully saturated rings. The fourth-order valence-corrected chi connectivity index (χ4v) is 5.02. The van der Waals surface area contributed by atoms with E-state index in [9.17, 15) is 9.59 Å². The summed E-state index contributed by atoms with van der Waals surface area (Å²) >= 11 is 0. The molecule has 2 nitrogen and oxygen atoms in total. The van der Waals surface area contributed by atoms with Crippen molar-refractivity contribution < 1.29 is 9.59 Å². The van der Waals surface area contributed by atoms with Crippen molar-refractivity contribution in [2.75, 3.05) is 0 Å². The van der Waals surface area contributed by atoms with E-state index in [1.807, 2.05) is 6.29 Å². The van der Waals surface area contributed by atoms with Gasteiger partial charge in [0.25, 0.3) is 0 Å². The number of allylic oxidation sites excluding steroid dienone is 2. The van der Waals surface area contributed by atoms with Gasteiger partial charge in [-0.3, -0.25) is 9.59 Å². The lowest BCUT2D eigenvalue weighted by Crippen LogP contribution is -2.15. The molecule has 0 aromatic heterocycles. The molecule has 0 bridgehead atoms. The minimum Gasteiger partial charge on any atom is -0.299 e. The summed E-state index contributed by atoms with van der Waals surface area (Å²) in [6.07, 6.45) is 40.1. The SMILES string of the molecule is CCCCCCCC/C=C\CCCCCCC([C]=O)C(=O)CCCCCCCCCCCCCCC. The first kappa shape index (κ1) is 35.1. The summed E-state index contributed by atoms with van der Waals surface area (Å²) in [4.78, 5) is 23.7. The van der Waals surface area contributed by atoms with E-state index < -0.39 is 5.92 Å². The van der Waals surface area contributed by atoms with E-state index in [2.05, 4.69) is 26.0 Å². The largest absolute Gasteiger partial charge is 0.299 e. The fourth-order valence-electron chi connectivity index (χ4n) is 5.02. The Bertz CT molecular complexity index is 482. The maximum absolute atomic E-state index is 12.4. The van der Waals surface area contributed by atoms with Crippen molar-refractivity contribution in [1.29, 1.82) is 0 Å². The van der Waals surface area contributed by atoms with Gasteiger partial charge in [0.05, 0.1) is 5.92 Å². The molecule has 0 aliphatic heterocycles. The highest BCUT2D eigenvalue weighted by Gasteiger charge is 2.17. The Morgan fingerprint density at radius 3 is 1.31 bits per heavy atom. The molecule has 0 amide bonds. The Hall–Kier alpha value is -0.920. The summed E-state index contributed by atoms with van der Waals surface area (Å²) in [6, 6.07) is 0. The van der Waals surface area contributed by atoms with Crippen LogP contribution in [-0.2, 0) is 9.59 Å². The summed E-state index contributed by atoms with van der Waals surface area (Å²) in [5, 5.41) is 0. The van der Waals surface area contributed by atoms with Crippen LogP contribution in [0.2, 0.25) is 0 Å². The number of carbonyl (C=O) groups excluding carboxylic acids is 2. The number of Topliss-reactive ketones (excluding diaryl/α,β-unsaturated/α-hetero) is 1. The molecule has 0 aromatic rings. The first-order valence-electron chi connectivity index (χ1n) is 16.3. The van der Waals surface area contributed by atoms with Crippen molar-refractivity contribution in [1.82, 2.24) is 0 Å². The van der Waals surface area contributed by atoms with Gasteiger partial charge < -0.3 is 0 Å². The number of unbranched alkanes of at least 4 members (excludes halogenated alkanes) is 22. The topological polar surface area (TPSA) is 34.1 Å². The lowest BCUT2D eigenvalue weighted by Gasteiger charge is -2.08. The molecule has 1 radical (unpaired) electrons. The summed E-state index contributed by atoms with van der Waals surface area (Å²) in [7, 11) is 0. The normalized spacial score (nSPS) is 12.4. The number of carbonyl (C=O) groups is 1. The molecule has 0 saturated heterocycles. The van der Waals surface area contributed by atoms with Crippen LogP contribution in [0.5, 0.6) is 0 Å². The Morgan fingerprint density at radius 2 is 0.889 bits per heavy atom. The van der Waals surface area contributed by atoms with Crippen LogP contribution in [-0.4, -0.2) is 12.1 Å². The average Bonchev–Trinajstić information content (AvgIpc) is 2.89. The second-order valence-corrected chi connectivity index (χ2v) is 11.1. The maximum atomic E-state index is 12.4. The second-order valence-electron chi connectivity index (χ2n) is 11.1. The standard InChI is InChI=1S/C34H63O2/c1-3-5-7-9-11-13-15-17-19-20-22-24-26-28-30-33(32-35)34(36)31-29-27-25-23-21-18-16-14-12-10-8-6-4-2/h17,19,33H,3-16,18,20-31H2,1-2H3/b19-17-. The Morgan fingerprint density at radius 1 is 0.528 bits per heavy atom. The van der Waals surface area contributed by atoms with Crippen LogP contribution in [0.25, 0.3) is 0 Å². The van der Waals surface area contributed by atoms with Gasteiger partial charge in [-0.25, -0.2) is 0 Å². The molecule has 0 rings (SSSR count). The van der Waals surface area contributed by atoms with Crippen molar-refractivity contribution in [3.63, 3.8) is 0 Å². The summed E-state index contributed by atoms with van der Waals surface area (Å²) in [5.41, 5.74) is 0. The monoisotopic (exact) mass is 503 g/mol.